The van der Waals surface area contributed by atoms with Crippen molar-refractivity contribution in [1.29, 1.82) is 0 Å². The Bertz CT molecular complexity index is 786. The molecule has 1 amide bonds. The molecule has 2 aromatic carbocycles. The number of benzene rings is 2. The van der Waals surface area contributed by atoms with E-state index in [0.29, 0.717) is 17.7 Å². The Kier molecular flexibility index (Phi) is 6.86. The lowest BCUT2D eigenvalue weighted by Gasteiger charge is -2.18. The summed E-state index contributed by atoms with van der Waals surface area (Å²) in [6, 6.07) is 12.6. The van der Waals surface area contributed by atoms with Crippen LogP contribution < -0.4 is 5.32 Å². The highest BCUT2D eigenvalue weighted by molar-refractivity contribution is 5.94. The molecule has 0 aliphatic carbocycles. The number of amides is 1. The standard InChI is InChI=1S/C20H25N3O3/c1-4-22(5-2)14-17-8-6-7-16(12-17)13-21-20(24)18-9-10-19(23(25)26)15(3)11-18/h6-12H,4-5,13-14H2,1-3H3,(H,21,24). The van der Waals surface area contributed by atoms with E-state index >= 15 is 0 Å². The Morgan fingerprint density at radius 1 is 1.12 bits per heavy atom. The van der Waals surface area contributed by atoms with Crippen molar-refractivity contribution in [2.45, 2.75) is 33.9 Å². The van der Waals surface area contributed by atoms with Crippen LogP contribution in [0.25, 0.3) is 0 Å². The number of nitro groups is 1. The first kappa shape index (κ1) is 19.6. The topological polar surface area (TPSA) is 75.5 Å². The molecule has 26 heavy (non-hydrogen) atoms. The molecule has 2 aromatic rings. The largest absolute Gasteiger partial charge is 0.348 e. The Morgan fingerprint density at radius 2 is 1.81 bits per heavy atom. The summed E-state index contributed by atoms with van der Waals surface area (Å²) in [7, 11) is 0. The Labute approximate surface area is 154 Å². The van der Waals surface area contributed by atoms with Crippen LogP contribution >= 0.6 is 0 Å². The maximum absolute atomic E-state index is 12.3. The van der Waals surface area contributed by atoms with Crippen molar-refractivity contribution in [3.05, 3.63) is 74.8 Å². The zero-order chi connectivity index (χ0) is 19.1. The smallest absolute Gasteiger partial charge is 0.272 e. The molecule has 138 valence electrons. The van der Waals surface area contributed by atoms with Gasteiger partial charge in [-0.25, -0.2) is 0 Å². The first-order chi connectivity index (χ1) is 12.4. The number of nitrogens with zero attached hydrogens (tertiary/aromatic N) is 2. The van der Waals surface area contributed by atoms with Gasteiger partial charge in [-0.2, -0.15) is 0 Å². The zero-order valence-corrected chi connectivity index (χ0v) is 15.5. The predicted molar refractivity (Wildman–Crippen MR) is 102 cm³/mol. The van der Waals surface area contributed by atoms with Gasteiger partial charge in [0.2, 0.25) is 0 Å². The predicted octanol–water partition coefficient (Wildman–Crippen LogP) is 3.68. The third kappa shape index (κ3) is 5.13. The van der Waals surface area contributed by atoms with Crippen LogP contribution in [0.4, 0.5) is 5.69 Å². The minimum absolute atomic E-state index is 0.0191. The van der Waals surface area contributed by atoms with Gasteiger partial charge in [0.25, 0.3) is 11.6 Å². The van der Waals surface area contributed by atoms with Crippen molar-refractivity contribution in [3.8, 4) is 0 Å². The molecule has 0 aliphatic heterocycles. The average molecular weight is 355 g/mol. The fourth-order valence-electron chi connectivity index (χ4n) is 2.83. The van der Waals surface area contributed by atoms with Gasteiger partial charge in [-0.3, -0.25) is 19.8 Å². The van der Waals surface area contributed by atoms with Gasteiger partial charge >= 0.3 is 0 Å². The van der Waals surface area contributed by atoms with Crippen LogP contribution in [0.5, 0.6) is 0 Å². The van der Waals surface area contributed by atoms with Crippen molar-refractivity contribution in [3.63, 3.8) is 0 Å². The van der Waals surface area contributed by atoms with Gasteiger partial charge in [-0.05, 0) is 43.3 Å². The number of hydrogen-bond acceptors (Lipinski definition) is 4. The quantitative estimate of drug-likeness (QED) is 0.579. The fourth-order valence-corrected chi connectivity index (χ4v) is 2.83. The molecule has 0 radical (unpaired) electrons. The second-order valence-corrected chi connectivity index (χ2v) is 6.22. The summed E-state index contributed by atoms with van der Waals surface area (Å²) < 4.78 is 0. The van der Waals surface area contributed by atoms with Crippen LogP contribution in [0, 0.1) is 17.0 Å². The lowest BCUT2D eigenvalue weighted by Crippen LogP contribution is -2.24. The van der Waals surface area contributed by atoms with Crippen LogP contribution in [-0.2, 0) is 13.1 Å². The Morgan fingerprint density at radius 3 is 2.42 bits per heavy atom. The van der Waals surface area contributed by atoms with Crippen molar-refractivity contribution in [2.75, 3.05) is 13.1 Å². The molecule has 0 saturated heterocycles. The van der Waals surface area contributed by atoms with Gasteiger partial charge in [-0.1, -0.05) is 38.1 Å². The van der Waals surface area contributed by atoms with E-state index in [4.69, 9.17) is 0 Å². The lowest BCUT2D eigenvalue weighted by molar-refractivity contribution is -0.385. The second-order valence-electron chi connectivity index (χ2n) is 6.22. The first-order valence-electron chi connectivity index (χ1n) is 8.78. The van der Waals surface area contributed by atoms with Crippen LogP contribution in [0.1, 0.15) is 40.9 Å². The van der Waals surface area contributed by atoms with Crippen LogP contribution in [0.15, 0.2) is 42.5 Å². The molecular formula is C20H25N3O3. The fraction of sp³-hybridized carbons (Fsp3) is 0.350. The molecule has 6 nitrogen and oxygen atoms in total. The molecule has 0 heterocycles. The second kappa shape index (κ2) is 9.10. The van der Waals surface area contributed by atoms with E-state index in [1.807, 2.05) is 12.1 Å². The maximum atomic E-state index is 12.3. The molecule has 0 saturated carbocycles. The third-order valence-electron chi connectivity index (χ3n) is 4.40. The highest BCUT2D eigenvalue weighted by Crippen LogP contribution is 2.18. The van der Waals surface area contributed by atoms with E-state index in [9.17, 15) is 14.9 Å². The Hall–Kier alpha value is -2.73. The van der Waals surface area contributed by atoms with E-state index < -0.39 is 4.92 Å². The van der Waals surface area contributed by atoms with Crippen LogP contribution in [-0.4, -0.2) is 28.8 Å². The summed E-state index contributed by atoms with van der Waals surface area (Å²) in [6.07, 6.45) is 0. The summed E-state index contributed by atoms with van der Waals surface area (Å²) >= 11 is 0. The van der Waals surface area contributed by atoms with E-state index in [-0.39, 0.29) is 11.6 Å². The molecule has 0 unspecified atom stereocenters. The van der Waals surface area contributed by atoms with Crippen LogP contribution in [0.3, 0.4) is 0 Å². The number of nitro benzene ring substituents is 1. The van der Waals surface area contributed by atoms with E-state index in [1.54, 1.807) is 13.0 Å². The van der Waals surface area contributed by atoms with E-state index in [1.165, 1.54) is 17.7 Å². The number of aryl methyl sites for hydroxylation is 1. The molecule has 0 bridgehead atoms. The maximum Gasteiger partial charge on any atom is 0.272 e. The highest BCUT2D eigenvalue weighted by atomic mass is 16.6. The van der Waals surface area contributed by atoms with Crippen molar-refractivity contribution < 1.29 is 9.72 Å². The molecular weight excluding hydrogens is 330 g/mol. The highest BCUT2D eigenvalue weighted by Gasteiger charge is 2.13. The van der Waals surface area contributed by atoms with E-state index in [2.05, 4.69) is 36.2 Å². The van der Waals surface area contributed by atoms with Gasteiger partial charge < -0.3 is 5.32 Å². The molecule has 0 aliphatic rings. The minimum Gasteiger partial charge on any atom is -0.348 e. The average Bonchev–Trinajstić information content (AvgIpc) is 2.64. The summed E-state index contributed by atoms with van der Waals surface area (Å²) in [4.78, 5) is 25.1. The van der Waals surface area contributed by atoms with Crippen LogP contribution in [0.2, 0.25) is 0 Å². The summed E-state index contributed by atoms with van der Waals surface area (Å²) in [5, 5.41) is 13.7. The number of carbonyl (C=O) groups is 1. The minimum atomic E-state index is -0.446. The van der Waals surface area contributed by atoms with Crippen molar-refractivity contribution >= 4 is 11.6 Å². The van der Waals surface area contributed by atoms with Gasteiger partial charge in [0.1, 0.15) is 0 Å². The summed E-state index contributed by atoms with van der Waals surface area (Å²) in [5.74, 6) is -0.239. The number of hydrogen-bond donors (Lipinski definition) is 1. The Balaban J connectivity index is 2.01. The van der Waals surface area contributed by atoms with E-state index in [0.717, 1.165) is 25.2 Å². The number of nitrogens with one attached hydrogen (secondary N) is 1. The normalized spacial score (nSPS) is 10.8. The first-order valence-corrected chi connectivity index (χ1v) is 8.78. The van der Waals surface area contributed by atoms with Gasteiger partial charge in [0, 0.05) is 30.3 Å². The summed E-state index contributed by atoms with van der Waals surface area (Å²) in [6.45, 7) is 9.20. The number of rotatable bonds is 8. The summed E-state index contributed by atoms with van der Waals surface area (Å²) in [5.41, 5.74) is 3.16. The molecule has 0 atom stereocenters. The molecule has 0 fully saturated rings. The van der Waals surface area contributed by atoms with Crippen molar-refractivity contribution in [1.82, 2.24) is 10.2 Å². The van der Waals surface area contributed by atoms with Gasteiger partial charge in [0.15, 0.2) is 0 Å². The zero-order valence-electron chi connectivity index (χ0n) is 15.5. The third-order valence-corrected chi connectivity index (χ3v) is 4.40. The molecule has 0 spiro atoms. The van der Waals surface area contributed by atoms with Gasteiger partial charge in [-0.15, -0.1) is 0 Å². The van der Waals surface area contributed by atoms with Crippen molar-refractivity contribution in [2.24, 2.45) is 0 Å². The SMILES string of the molecule is CCN(CC)Cc1cccc(CNC(=O)c2ccc([N+](=O)[O-])c(C)c2)c1. The molecule has 2 rings (SSSR count). The molecule has 1 N–H and O–H groups in total. The molecule has 0 aromatic heterocycles. The van der Waals surface area contributed by atoms with Gasteiger partial charge in [0.05, 0.1) is 4.92 Å². The lowest BCUT2D eigenvalue weighted by atomic mass is 10.1. The molecule has 6 heteroatoms. The monoisotopic (exact) mass is 355 g/mol. The number of carbonyl (C=O) groups excluding carboxylic acids is 1.